The van der Waals surface area contributed by atoms with Crippen molar-refractivity contribution in [3.63, 3.8) is 0 Å². The third kappa shape index (κ3) is 3.72. The van der Waals surface area contributed by atoms with Crippen LogP contribution < -0.4 is 9.64 Å². The average molecular weight is 387 g/mol. The van der Waals surface area contributed by atoms with Gasteiger partial charge in [-0.3, -0.25) is 14.4 Å². The van der Waals surface area contributed by atoms with Gasteiger partial charge in [-0.2, -0.15) is 0 Å². The van der Waals surface area contributed by atoms with Gasteiger partial charge in [0.05, 0.1) is 12.8 Å². The Balaban J connectivity index is 1.70. The van der Waals surface area contributed by atoms with Crippen molar-refractivity contribution in [1.82, 2.24) is 9.80 Å². The molecule has 2 fully saturated rings. The van der Waals surface area contributed by atoms with Crippen LogP contribution in [0.15, 0.2) is 24.3 Å². The molecule has 1 saturated carbocycles. The van der Waals surface area contributed by atoms with Gasteiger partial charge in [0.15, 0.2) is 0 Å². The van der Waals surface area contributed by atoms with Crippen LogP contribution >= 0.6 is 0 Å². The SMILES string of the molecule is COc1ccc(N2C(=O)C(=O)N(CC(=O)N(C)C3CCC(C)CC3)C2=O)cc1. The summed E-state index contributed by atoms with van der Waals surface area (Å²) in [7, 11) is 3.19. The van der Waals surface area contributed by atoms with Gasteiger partial charge in [0.25, 0.3) is 0 Å². The molecule has 1 heterocycles. The van der Waals surface area contributed by atoms with E-state index >= 15 is 0 Å². The number of methoxy groups -OCH3 is 1. The van der Waals surface area contributed by atoms with Crippen molar-refractivity contribution in [3.05, 3.63) is 24.3 Å². The van der Waals surface area contributed by atoms with E-state index < -0.39 is 24.4 Å². The fourth-order valence-corrected chi connectivity index (χ4v) is 3.68. The number of anilines is 1. The monoisotopic (exact) mass is 387 g/mol. The summed E-state index contributed by atoms with van der Waals surface area (Å²) in [5.41, 5.74) is 0.258. The first kappa shape index (κ1) is 19.9. The van der Waals surface area contributed by atoms with Crippen molar-refractivity contribution < 1.29 is 23.9 Å². The third-order valence-electron chi connectivity index (χ3n) is 5.60. The molecular weight excluding hydrogens is 362 g/mol. The third-order valence-corrected chi connectivity index (χ3v) is 5.60. The highest BCUT2D eigenvalue weighted by Crippen LogP contribution is 2.27. The largest absolute Gasteiger partial charge is 0.497 e. The van der Waals surface area contributed by atoms with E-state index in [4.69, 9.17) is 4.74 Å². The van der Waals surface area contributed by atoms with Crippen LogP contribution in [0, 0.1) is 5.92 Å². The minimum absolute atomic E-state index is 0.102. The number of hydrogen-bond donors (Lipinski definition) is 0. The van der Waals surface area contributed by atoms with Crippen molar-refractivity contribution in [2.24, 2.45) is 5.92 Å². The maximum absolute atomic E-state index is 12.7. The lowest BCUT2D eigenvalue weighted by Gasteiger charge is -2.34. The van der Waals surface area contributed by atoms with Gasteiger partial charge in [-0.15, -0.1) is 0 Å². The van der Waals surface area contributed by atoms with Crippen LogP contribution in [0.4, 0.5) is 10.5 Å². The smallest absolute Gasteiger partial charge is 0.339 e. The number of benzene rings is 1. The molecule has 3 rings (SSSR count). The van der Waals surface area contributed by atoms with Crippen LogP contribution in [-0.4, -0.2) is 60.3 Å². The first-order valence-corrected chi connectivity index (χ1v) is 9.43. The molecule has 1 aliphatic carbocycles. The van der Waals surface area contributed by atoms with Crippen LogP contribution in [0.25, 0.3) is 0 Å². The van der Waals surface area contributed by atoms with Crippen LogP contribution in [-0.2, 0) is 14.4 Å². The Morgan fingerprint density at radius 2 is 1.68 bits per heavy atom. The molecule has 0 spiro atoms. The number of ether oxygens (including phenoxy) is 1. The molecule has 0 aromatic heterocycles. The number of imide groups is 2. The first-order chi connectivity index (χ1) is 13.3. The van der Waals surface area contributed by atoms with Gasteiger partial charge >= 0.3 is 17.8 Å². The standard InChI is InChI=1S/C20H25N3O5/c1-13-4-6-14(7-5-13)21(2)17(24)12-22-18(25)19(26)23(20(22)27)15-8-10-16(28-3)11-9-15/h8-11,13-14H,4-7,12H2,1-3H3. The highest BCUT2D eigenvalue weighted by Gasteiger charge is 2.46. The lowest BCUT2D eigenvalue weighted by atomic mass is 9.87. The summed E-state index contributed by atoms with van der Waals surface area (Å²) >= 11 is 0. The predicted octanol–water partition coefficient (Wildman–Crippen LogP) is 2.03. The Morgan fingerprint density at radius 3 is 2.25 bits per heavy atom. The zero-order valence-corrected chi connectivity index (χ0v) is 16.4. The second-order valence-corrected chi connectivity index (χ2v) is 7.43. The lowest BCUT2D eigenvalue weighted by Crippen LogP contribution is -2.46. The number of likely N-dealkylation sites (N-methyl/N-ethyl adjacent to an activating group) is 1. The van der Waals surface area contributed by atoms with Crippen molar-refractivity contribution in [2.75, 3.05) is 25.6 Å². The molecule has 0 unspecified atom stereocenters. The molecule has 0 N–H and O–H groups in total. The van der Waals surface area contributed by atoms with Gasteiger partial charge in [-0.05, 0) is 55.9 Å². The van der Waals surface area contributed by atoms with E-state index in [1.54, 1.807) is 24.1 Å². The normalized spacial score (nSPS) is 22.6. The van der Waals surface area contributed by atoms with Crippen LogP contribution in [0.2, 0.25) is 0 Å². The average Bonchev–Trinajstić information content (AvgIpc) is 2.91. The number of hydrogen-bond acceptors (Lipinski definition) is 5. The molecule has 8 heteroatoms. The highest BCUT2D eigenvalue weighted by atomic mass is 16.5. The number of amides is 5. The maximum atomic E-state index is 12.7. The second-order valence-electron chi connectivity index (χ2n) is 7.43. The molecule has 0 radical (unpaired) electrons. The molecule has 0 atom stereocenters. The Kier molecular flexibility index (Phi) is 5.67. The van der Waals surface area contributed by atoms with Gasteiger partial charge in [0.2, 0.25) is 5.91 Å². The molecule has 150 valence electrons. The minimum atomic E-state index is -0.986. The number of urea groups is 1. The van der Waals surface area contributed by atoms with Gasteiger partial charge in [-0.25, -0.2) is 14.6 Å². The van der Waals surface area contributed by atoms with E-state index in [9.17, 15) is 19.2 Å². The predicted molar refractivity (Wildman–Crippen MR) is 102 cm³/mol. The Labute approximate surface area is 164 Å². The van der Waals surface area contributed by atoms with Crippen molar-refractivity contribution in [3.8, 4) is 5.75 Å². The summed E-state index contributed by atoms with van der Waals surface area (Å²) in [5.74, 6) is -1.08. The molecule has 5 amide bonds. The van der Waals surface area contributed by atoms with E-state index in [-0.39, 0.29) is 17.6 Å². The van der Waals surface area contributed by atoms with Crippen molar-refractivity contribution in [2.45, 2.75) is 38.6 Å². The van der Waals surface area contributed by atoms with Crippen LogP contribution in [0.1, 0.15) is 32.6 Å². The summed E-state index contributed by atoms with van der Waals surface area (Å²) in [4.78, 5) is 53.1. The number of nitrogens with zero attached hydrogens (tertiary/aromatic N) is 3. The van der Waals surface area contributed by atoms with E-state index in [0.29, 0.717) is 11.7 Å². The molecule has 1 aromatic carbocycles. The maximum Gasteiger partial charge on any atom is 0.339 e. The molecule has 28 heavy (non-hydrogen) atoms. The van der Waals surface area contributed by atoms with E-state index in [1.807, 2.05) is 0 Å². The molecule has 1 aromatic rings. The number of carbonyl (C=O) groups excluding carboxylic acids is 4. The van der Waals surface area contributed by atoms with Crippen molar-refractivity contribution >= 4 is 29.4 Å². The van der Waals surface area contributed by atoms with Gasteiger partial charge in [0, 0.05) is 13.1 Å². The highest BCUT2D eigenvalue weighted by molar-refractivity contribution is 6.53. The molecule has 0 bridgehead atoms. The lowest BCUT2D eigenvalue weighted by molar-refractivity contribution is -0.142. The molecule has 2 aliphatic rings. The summed E-state index contributed by atoms with van der Waals surface area (Å²) in [6, 6.07) is 5.51. The number of rotatable bonds is 5. The van der Waals surface area contributed by atoms with Gasteiger partial charge < -0.3 is 9.64 Å². The van der Waals surface area contributed by atoms with Crippen LogP contribution in [0.3, 0.4) is 0 Å². The molecule has 1 saturated heterocycles. The fourth-order valence-electron chi connectivity index (χ4n) is 3.68. The number of carbonyl (C=O) groups is 4. The Bertz CT molecular complexity index is 784. The van der Waals surface area contributed by atoms with Crippen LogP contribution in [0.5, 0.6) is 5.75 Å². The minimum Gasteiger partial charge on any atom is -0.497 e. The second kappa shape index (κ2) is 8.00. The Morgan fingerprint density at radius 1 is 1.07 bits per heavy atom. The van der Waals surface area contributed by atoms with Gasteiger partial charge in [-0.1, -0.05) is 6.92 Å². The molecule has 8 nitrogen and oxygen atoms in total. The summed E-state index contributed by atoms with van der Waals surface area (Å²) < 4.78 is 5.06. The summed E-state index contributed by atoms with van der Waals surface area (Å²) in [5, 5.41) is 0. The van der Waals surface area contributed by atoms with Crippen molar-refractivity contribution in [1.29, 1.82) is 0 Å². The molecule has 1 aliphatic heterocycles. The summed E-state index contributed by atoms with van der Waals surface area (Å²) in [6.45, 7) is 1.76. The first-order valence-electron chi connectivity index (χ1n) is 9.43. The zero-order chi connectivity index (χ0) is 20.4. The van der Waals surface area contributed by atoms with E-state index in [2.05, 4.69) is 6.92 Å². The van der Waals surface area contributed by atoms with E-state index in [0.717, 1.165) is 35.5 Å². The Hall–Kier alpha value is -2.90. The summed E-state index contributed by atoms with van der Waals surface area (Å²) in [6.07, 6.45) is 3.91. The topological polar surface area (TPSA) is 87.2 Å². The van der Waals surface area contributed by atoms with Gasteiger partial charge in [0.1, 0.15) is 12.3 Å². The zero-order valence-electron chi connectivity index (χ0n) is 16.4. The molecular formula is C20H25N3O5. The van der Waals surface area contributed by atoms with E-state index in [1.165, 1.54) is 19.2 Å². The quantitative estimate of drug-likeness (QED) is 0.570. The fraction of sp³-hybridized carbons (Fsp3) is 0.500.